The maximum atomic E-state index is 11.9. The van der Waals surface area contributed by atoms with Gasteiger partial charge in [0.15, 0.2) is 0 Å². The molecule has 92 valence electrons. The highest BCUT2D eigenvalue weighted by molar-refractivity contribution is 8.01. The molecule has 0 bridgehead atoms. The van der Waals surface area contributed by atoms with Crippen LogP contribution in [0.2, 0.25) is 0 Å². The van der Waals surface area contributed by atoms with Crippen molar-refractivity contribution in [2.75, 3.05) is 5.75 Å². The monoisotopic (exact) mass is 266 g/mol. The minimum atomic E-state index is -3.66. The van der Waals surface area contributed by atoms with Crippen LogP contribution in [-0.2, 0) is 15.0 Å². The predicted molar refractivity (Wildman–Crippen MR) is 60.3 cm³/mol. The largest absolute Gasteiger partial charge is 0.480 e. The van der Waals surface area contributed by atoms with Crippen molar-refractivity contribution in [2.24, 2.45) is 0 Å². The number of rotatable bonds is 4. The van der Waals surface area contributed by atoms with Gasteiger partial charge in [0, 0.05) is 11.8 Å². The lowest BCUT2D eigenvalue weighted by Gasteiger charge is -2.24. The summed E-state index contributed by atoms with van der Waals surface area (Å²) in [5.74, 6) is -0.778. The second kappa shape index (κ2) is 4.17. The van der Waals surface area contributed by atoms with Gasteiger partial charge in [-0.05, 0) is 19.8 Å². The third kappa shape index (κ3) is 2.34. The second-order valence-electron chi connectivity index (χ2n) is 4.01. The number of hydrogen-bond donors (Lipinski definition) is 2. The van der Waals surface area contributed by atoms with Crippen molar-refractivity contribution < 1.29 is 18.3 Å². The standard InChI is InChI=1S/C8H14N2O4S2/c1-5-10(7(4-15-5)8(11)12)16(13,14)9-6-2-3-6/h5-7,9H,2-4H2,1H3,(H,11,12). The first-order chi connectivity index (χ1) is 7.42. The summed E-state index contributed by atoms with van der Waals surface area (Å²) in [6.45, 7) is 1.71. The van der Waals surface area contributed by atoms with E-state index >= 15 is 0 Å². The zero-order valence-electron chi connectivity index (χ0n) is 8.79. The second-order valence-corrected chi connectivity index (χ2v) is 6.97. The van der Waals surface area contributed by atoms with E-state index in [0.29, 0.717) is 5.75 Å². The van der Waals surface area contributed by atoms with Crippen molar-refractivity contribution in [3.05, 3.63) is 0 Å². The van der Waals surface area contributed by atoms with Gasteiger partial charge in [-0.1, -0.05) is 0 Å². The van der Waals surface area contributed by atoms with E-state index in [1.165, 1.54) is 11.8 Å². The first-order valence-corrected chi connectivity index (χ1v) is 7.56. The van der Waals surface area contributed by atoms with E-state index in [-0.39, 0.29) is 11.4 Å². The number of carbonyl (C=O) groups is 1. The molecular formula is C8H14N2O4S2. The SMILES string of the molecule is CC1SCC(C(=O)O)N1S(=O)(=O)NC1CC1. The van der Waals surface area contributed by atoms with Crippen LogP contribution >= 0.6 is 11.8 Å². The third-order valence-corrected chi connectivity index (χ3v) is 5.72. The zero-order chi connectivity index (χ0) is 11.9. The van der Waals surface area contributed by atoms with Gasteiger partial charge in [-0.2, -0.15) is 17.4 Å². The smallest absolute Gasteiger partial charge is 0.322 e. The Bertz CT molecular complexity index is 393. The molecule has 16 heavy (non-hydrogen) atoms. The normalized spacial score (nSPS) is 31.8. The number of nitrogens with zero attached hydrogens (tertiary/aromatic N) is 1. The van der Waals surface area contributed by atoms with Gasteiger partial charge >= 0.3 is 5.97 Å². The Morgan fingerprint density at radius 1 is 1.50 bits per heavy atom. The molecule has 0 spiro atoms. The highest BCUT2D eigenvalue weighted by Crippen LogP contribution is 2.32. The van der Waals surface area contributed by atoms with E-state index in [1.54, 1.807) is 6.92 Å². The van der Waals surface area contributed by atoms with Gasteiger partial charge in [-0.25, -0.2) is 0 Å². The minimum absolute atomic E-state index is 0.00255. The molecule has 1 saturated heterocycles. The minimum Gasteiger partial charge on any atom is -0.480 e. The Morgan fingerprint density at radius 3 is 2.62 bits per heavy atom. The van der Waals surface area contributed by atoms with Crippen molar-refractivity contribution in [3.8, 4) is 0 Å². The van der Waals surface area contributed by atoms with Gasteiger partial charge in [-0.3, -0.25) is 4.79 Å². The molecule has 0 aromatic rings. The summed E-state index contributed by atoms with van der Waals surface area (Å²) in [6, 6.07) is -0.950. The summed E-state index contributed by atoms with van der Waals surface area (Å²) in [7, 11) is -3.66. The predicted octanol–water partition coefficient (Wildman–Crippen LogP) is -0.169. The summed E-state index contributed by atoms with van der Waals surface area (Å²) in [4.78, 5) is 11.0. The number of carboxylic acids is 1. The summed E-state index contributed by atoms with van der Waals surface area (Å²) in [5, 5.41) is 8.65. The summed E-state index contributed by atoms with van der Waals surface area (Å²) < 4.78 is 27.5. The van der Waals surface area contributed by atoms with Crippen LogP contribution in [-0.4, -0.2) is 47.0 Å². The molecule has 1 heterocycles. The van der Waals surface area contributed by atoms with Crippen LogP contribution in [0.3, 0.4) is 0 Å². The molecule has 8 heteroatoms. The number of hydrogen-bond acceptors (Lipinski definition) is 4. The Hall–Kier alpha value is -0.310. The maximum Gasteiger partial charge on any atom is 0.322 e. The first-order valence-electron chi connectivity index (χ1n) is 5.07. The lowest BCUT2D eigenvalue weighted by Crippen LogP contribution is -2.50. The average Bonchev–Trinajstić information content (AvgIpc) is 2.84. The van der Waals surface area contributed by atoms with Crippen LogP contribution in [0.15, 0.2) is 0 Å². The molecule has 2 rings (SSSR count). The van der Waals surface area contributed by atoms with E-state index < -0.39 is 22.2 Å². The first kappa shape index (κ1) is 12.2. The summed E-state index contributed by atoms with van der Waals surface area (Å²) in [5.41, 5.74) is 0. The van der Waals surface area contributed by atoms with E-state index in [1.807, 2.05) is 0 Å². The van der Waals surface area contributed by atoms with Crippen LogP contribution < -0.4 is 4.72 Å². The van der Waals surface area contributed by atoms with E-state index in [0.717, 1.165) is 17.1 Å². The molecule has 2 atom stereocenters. The molecule has 0 aromatic carbocycles. The molecule has 0 aromatic heterocycles. The molecular weight excluding hydrogens is 252 g/mol. The van der Waals surface area contributed by atoms with Crippen LogP contribution in [0.5, 0.6) is 0 Å². The fraction of sp³-hybridized carbons (Fsp3) is 0.875. The Balaban J connectivity index is 2.18. The molecule has 1 saturated carbocycles. The number of nitrogens with one attached hydrogen (secondary N) is 1. The van der Waals surface area contributed by atoms with Crippen LogP contribution in [0.1, 0.15) is 19.8 Å². The molecule has 2 aliphatic rings. The third-order valence-electron chi connectivity index (χ3n) is 2.62. The fourth-order valence-corrected chi connectivity index (χ4v) is 4.99. The van der Waals surface area contributed by atoms with Crippen molar-refractivity contribution >= 4 is 27.9 Å². The van der Waals surface area contributed by atoms with Gasteiger partial charge in [0.05, 0.1) is 5.37 Å². The van der Waals surface area contributed by atoms with Crippen LogP contribution in [0, 0.1) is 0 Å². The van der Waals surface area contributed by atoms with Crippen molar-refractivity contribution in [1.82, 2.24) is 9.03 Å². The molecule has 2 N–H and O–H groups in total. The molecule has 2 unspecified atom stereocenters. The van der Waals surface area contributed by atoms with Crippen molar-refractivity contribution in [1.29, 1.82) is 0 Å². The topological polar surface area (TPSA) is 86.7 Å². The molecule has 0 amide bonds. The molecule has 6 nitrogen and oxygen atoms in total. The number of carboxylic acid groups (broad SMARTS) is 1. The van der Waals surface area contributed by atoms with Crippen molar-refractivity contribution in [3.63, 3.8) is 0 Å². The Labute approximate surface area is 98.6 Å². The molecule has 1 aliphatic heterocycles. The van der Waals surface area contributed by atoms with Gasteiger partial charge < -0.3 is 5.11 Å². The molecule has 0 radical (unpaired) electrons. The number of thioether (sulfide) groups is 1. The van der Waals surface area contributed by atoms with Crippen molar-refractivity contribution in [2.45, 2.75) is 37.2 Å². The molecule has 1 aliphatic carbocycles. The zero-order valence-corrected chi connectivity index (χ0v) is 10.4. The van der Waals surface area contributed by atoms with E-state index in [9.17, 15) is 13.2 Å². The maximum absolute atomic E-state index is 11.9. The van der Waals surface area contributed by atoms with Gasteiger partial charge in [0.1, 0.15) is 6.04 Å². The van der Waals surface area contributed by atoms with Gasteiger partial charge in [0.2, 0.25) is 0 Å². The lowest BCUT2D eigenvalue weighted by molar-refractivity contribution is -0.140. The quantitative estimate of drug-likeness (QED) is 0.738. The molecule has 2 fully saturated rings. The summed E-state index contributed by atoms with van der Waals surface area (Å²) in [6.07, 6.45) is 1.68. The lowest BCUT2D eigenvalue weighted by atomic mass is 10.3. The highest BCUT2D eigenvalue weighted by atomic mass is 32.2. The average molecular weight is 266 g/mol. The Kier molecular flexibility index (Phi) is 3.17. The van der Waals surface area contributed by atoms with Gasteiger partial charge in [0.25, 0.3) is 10.2 Å². The summed E-state index contributed by atoms with van der Waals surface area (Å²) >= 11 is 1.34. The van der Waals surface area contributed by atoms with Crippen LogP contribution in [0.4, 0.5) is 0 Å². The fourth-order valence-electron chi connectivity index (χ4n) is 1.65. The van der Waals surface area contributed by atoms with E-state index in [2.05, 4.69) is 4.72 Å². The van der Waals surface area contributed by atoms with Gasteiger partial charge in [-0.15, -0.1) is 11.8 Å². The highest BCUT2D eigenvalue weighted by Gasteiger charge is 2.45. The Morgan fingerprint density at radius 2 is 2.12 bits per heavy atom. The number of aliphatic carboxylic acids is 1. The van der Waals surface area contributed by atoms with E-state index in [4.69, 9.17) is 5.11 Å². The van der Waals surface area contributed by atoms with Crippen LogP contribution in [0.25, 0.3) is 0 Å².